The molecule has 0 atom stereocenters. The van der Waals surface area contributed by atoms with E-state index >= 15 is 0 Å². The van der Waals surface area contributed by atoms with Crippen molar-refractivity contribution in [3.05, 3.63) is 63.5 Å². The van der Waals surface area contributed by atoms with E-state index in [9.17, 15) is 22.8 Å². The molecule has 2 aromatic carbocycles. The number of carbonyl (C=O) groups is 1. The number of hydrogen-bond acceptors (Lipinski definition) is 6. The van der Waals surface area contributed by atoms with E-state index in [4.69, 9.17) is 30.2 Å². The molecule has 1 aromatic heterocycles. The molecule has 0 saturated carbocycles. The lowest BCUT2D eigenvalue weighted by molar-refractivity contribution is -0.152. The van der Waals surface area contributed by atoms with Gasteiger partial charge in [0.25, 0.3) is 0 Å². The Bertz CT molecular complexity index is 1160. The first-order chi connectivity index (χ1) is 15.2. The molecule has 0 aliphatic rings. The summed E-state index contributed by atoms with van der Waals surface area (Å²) in [5.41, 5.74) is -1.79. The van der Waals surface area contributed by atoms with E-state index in [-0.39, 0.29) is 35.5 Å². The molecule has 6 nitrogen and oxygen atoms in total. The number of hydrogen-bond donors (Lipinski definition) is 0. The van der Waals surface area contributed by atoms with E-state index in [0.29, 0.717) is 11.6 Å². The van der Waals surface area contributed by atoms with Crippen LogP contribution in [0.25, 0.3) is 22.1 Å². The van der Waals surface area contributed by atoms with Gasteiger partial charge >= 0.3 is 12.1 Å². The van der Waals surface area contributed by atoms with Crippen LogP contribution in [0.2, 0.25) is 5.02 Å². The van der Waals surface area contributed by atoms with Gasteiger partial charge in [-0.1, -0.05) is 23.7 Å². The summed E-state index contributed by atoms with van der Waals surface area (Å²) in [6.07, 6.45) is -4.93. The van der Waals surface area contributed by atoms with Crippen molar-refractivity contribution in [3.8, 4) is 16.9 Å². The molecule has 0 amide bonds. The molecule has 1 heterocycles. The van der Waals surface area contributed by atoms with Crippen LogP contribution >= 0.6 is 11.6 Å². The highest BCUT2D eigenvalue weighted by atomic mass is 35.5. The predicted molar refractivity (Wildman–Crippen MR) is 111 cm³/mol. The van der Waals surface area contributed by atoms with Crippen LogP contribution < -0.4 is 10.2 Å². The lowest BCUT2D eigenvalue weighted by Gasteiger charge is -2.13. The van der Waals surface area contributed by atoms with Crippen LogP contribution in [0.15, 0.2) is 51.7 Å². The van der Waals surface area contributed by atoms with Crippen molar-refractivity contribution in [2.24, 2.45) is 0 Å². The van der Waals surface area contributed by atoms with Gasteiger partial charge in [0.15, 0.2) is 6.61 Å². The van der Waals surface area contributed by atoms with Crippen LogP contribution in [0.4, 0.5) is 13.2 Å². The number of alkyl halides is 3. The molecule has 0 saturated heterocycles. The molecule has 170 valence electrons. The van der Waals surface area contributed by atoms with E-state index in [2.05, 4.69) is 0 Å². The summed E-state index contributed by atoms with van der Waals surface area (Å²) in [4.78, 5) is 24.6. The van der Waals surface area contributed by atoms with Crippen LogP contribution in [-0.2, 0) is 20.4 Å². The normalized spacial score (nSPS) is 11.5. The number of rotatable bonds is 8. The average molecular weight is 471 g/mol. The standard InChI is InChI=1S/C22H18ClF3O6/c1-2-29-9-10-30-18(27)12-31-15-7-8-16-17(11-15)32-21(22(24,25)26)19(20(16)28)13-3-5-14(23)6-4-13/h3-8,11H,2,9-10,12H2,1H3. The van der Waals surface area contributed by atoms with Crippen molar-refractivity contribution in [1.29, 1.82) is 0 Å². The molecule has 0 aliphatic carbocycles. The quantitative estimate of drug-likeness (QED) is 0.337. The Morgan fingerprint density at radius 3 is 2.47 bits per heavy atom. The summed E-state index contributed by atoms with van der Waals surface area (Å²) in [5, 5.41) is 0.236. The fraction of sp³-hybridized carbons (Fsp3) is 0.273. The number of fused-ring (bicyclic) bond motifs is 1. The van der Waals surface area contributed by atoms with E-state index in [0.717, 1.165) is 6.07 Å². The maximum absolute atomic E-state index is 13.7. The maximum atomic E-state index is 13.7. The van der Waals surface area contributed by atoms with Gasteiger partial charge in [0, 0.05) is 17.7 Å². The lowest BCUT2D eigenvalue weighted by atomic mass is 10.0. The molecule has 3 aromatic rings. The molecule has 0 N–H and O–H groups in total. The molecule has 0 unspecified atom stereocenters. The molecular weight excluding hydrogens is 453 g/mol. The zero-order chi connectivity index (χ0) is 23.3. The van der Waals surface area contributed by atoms with Gasteiger partial charge in [0.2, 0.25) is 11.2 Å². The SMILES string of the molecule is CCOCCOC(=O)COc1ccc2c(=O)c(-c3ccc(Cl)cc3)c(C(F)(F)F)oc2c1. The van der Waals surface area contributed by atoms with Crippen molar-refractivity contribution in [1.82, 2.24) is 0 Å². The second-order valence-electron chi connectivity index (χ2n) is 6.50. The molecule has 0 bridgehead atoms. The van der Waals surface area contributed by atoms with Crippen molar-refractivity contribution in [3.63, 3.8) is 0 Å². The zero-order valence-corrected chi connectivity index (χ0v) is 17.6. The Balaban J connectivity index is 1.91. The second-order valence-corrected chi connectivity index (χ2v) is 6.94. The van der Waals surface area contributed by atoms with Crippen LogP contribution in [0, 0.1) is 0 Å². The minimum absolute atomic E-state index is 0.0208. The number of ether oxygens (including phenoxy) is 3. The van der Waals surface area contributed by atoms with Gasteiger partial charge in [-0.25, -0.2) is 4.79 Å². The van der Waals surface area contributed by atoms with Gasteiger partial charge in [-0.2, -0.15) is 13.2 Å². The fourth-order valence-electron chi connectivity index (χ4n) is 2.88. The van der Waals surface area contributed by atoms with Crippen LogP contribution in [-0.4, -0.2) is 32.4 Å². The van der Waals surface area contributed by atoms with Crippen molar-refractivity contribution < 1.29 is 36.6 Å². The Morgan fingerprint density at radius 2 is 1.81 bits per heavy atom. The van der Waals surface area contributed by atoms with E-state index < -0.39 is 35.5 Å². The predicted octanol–water partition coefficient (Wildman–Crippen LogP) is 5.09. The summed E-state index contributed by atoms with van der Waals surface area (Å²) < 4.78 is 61.3. The summed E-state index contributed by atoms with van der Waals surface area (Å²) >= 11 is 5.80. The van der Waals surface area contributed by atoms with Crippen molar-refractivity contribution >= 4 is 28.5 Å². The molecule has 3 rings (SSSR count). The summed E-state index contributed by atoms with van der Waals surface area (Å²) in [6, 6.07) is 9.12. The summed E-state index contributed by atoms with van der Waals surface area (Å²) in [5.74, 6) is -2.08. The minimum atomic E-state index is -4.93. The van der Waals surface area contributed by atoms with E-state index in [1.807, 2.05) is 0 Å². The van der Waals surface area contributed by atoms with Crippen LogP contribution in [0.5, 0.6) is 5.75 Å². The van der Waals surface area contributed by atoms with Crippen molar-refractivity contribution in [2.45, 2.75) is 13.1 Å². The second kappa shape index (κ2) is 10.1. The molecule has 32 heavy (non-hydrogen) atoms. The van der Waals surface area contributed by atoms with Crippen molar-refractivity contribution in [2.75, 3.05) is 26.4 Å². The third-order valence-electron chi connectivity index (χ3n) is 4.31. The highest BCUT2D eigenvalue weighted by Crippen LogP contribution is 2.38. The largest absolute Gasteiger partial charge is 0.482 e. The topological polar surface area (TPSA) is 75.0 Å². The Hall–Kier alpha value is -3.04. The van der Waals surface area contributed by atoms with Crippen LogP contribution in [0.1, 0.15) is 12.7 Å². The van der Waals surface area contributed by atoms with Gasteiger partial charge in [0.1, 0.15) is 17.9 Å². The fourth-order valence-corrected chi connectivity index (χ4v) is 3.01. The summed E-state index contributed by atoms with van der Waals surface area (Å²) in [6.45, 7) is 2.09. The molecular formula is C22H18ClF3O6. The first-order valence-electron chi connectivity index (χ1n) is 9.51. The Morgan fingerprint density at radius 1 is 1.09 bits per heavy atom. The third-order valence-corrected chi connectivity index (χ3v) is 4.56. The number of halogens is 4. The minimum Gasteiger partial charge on any atom is -0.482 e. The lowest BCUT2D eigenvalue weighted by Crippen LogP contribution is -2.18. The summed E-state index contributed by atoms with van der Waals surface area (Å²) in [7, 11) is 0. The molecule has 0 fully saturated rings. The van der Waals surface area contributed by atoms with Gasteiger partial charge in [-0.15, -0.1) is 0 Å². The highest BCUT2D eigenvalue weighted by Gasteiger charge is 2.39. The zero-order valence-electron chi connectivity index (χ0n) is 16.8. The smallest absolute Gasteiger partial charge is 0.450 e. The van der Waals surface area contributed by atoms with Gasteiger partial charge in [-0.05, 0) is 36.8 Å². The number of carbonyl (C=O) groups excluding carboxylic acids is 1. The first kappa shape index (κ1) is 23.6. The molecule has 10 heteroatoms. The van der Waals surface area contributed by atoms with E-state index in [1.165, 1.54) is 36.4 Å². The molecule has 0 aliphatic heterocycles. The number of esters is 1. The maximum Gasteiger partial charge on any atom is 0.450 e. The average Bonchev–Trinajstić information content (AvgIpc) is 2.75. The Kier molecular flexibility index (Phi) is 7.42. The monoisotopic (exact) mass is 470 g/mol. The van der Waals surface area contributed by atoms with Gasteiger partial charge < -0.3 is 18.6 Å². The van der Waals surface area contributed by atoms with Gasteiger partial charge in [-0.3, -0.25) is 4.79 Å². The Labute approximate surface area is 185 Å². The van der Waals surface area contributed by atoms with E-state index in [1.54, 1.807) is 6.92 Å². The van der Waals surface area contributed by atoms with Gasteiger partial charge in [0.05, 0.1) is 17.6 Å². The highest BCUT2D eigenvalue weighted by molar-refractivity contribution is 6.30. The first-order valence-corrected chi connectivity index (χ1v) is 9.88. The number of benzene rings is 2. The third kappa shape index (κ3) is 5.60. The van der Waals surface area contributed by atoms with Crippen LogP contribution in [0.3, 0.4) is 0 Å². The molecule has 0 radical (unpaired) electrons. The molecule has 0 spiro atoms.